The van der Waals surface area contributed by atoms with Crippen molar-refractivity contribution in [3.63, 3.8) is 0 Å². The van der Waals surface area contributed by atoms with E-state index in [-0.39, 0.29) is 0 Å². The smallest absolute Gasteiger partial charge is 0.0716 e. The molecule has 2 nitrogen and oxygen atoms in total. The van der Waals surface area contributed by atoms with Gasteiger partial charge in [-0.1, -0.05) is 127 Å². The number of para-hydroxylation sites is 2. The summed E-state index contributed by atoms with van der Waals surface area (Å²) in [5, 5.41) is 11.6. The predicted molar refractivity (Wildman–Crippen MR) is 223 cm³/mol. The molecule has 0 N–H and O–H groups in total. The third kappa shape index (κ3) is 3.91. The summed E-state index contributed by atoms with van der Waals surface area (Å²) >= 11 is 1.86. The zero-order valence-corrected chi connectivity index (χ0v) is 28.8. The molecule has 0 radical (unpaired) electrons. The van der Waals surface area contributed by atoms with Crippen LogP contribution in [0.25, 0.3) is 113 Å². The van der Waals surface area contributed by atoms with Crippen LogP contribution in [0.15, 0.2) is 170 Å². The lowest BCUT2D eigenvalue weighted by atomic mass is 9.98. The highest BCUT2D eigenvalue weighted by molar-refractivity contribution is 7.25. The number of hydrogen-bond acceptors (Lipinski definition) is 2. The van der Waals surface area contributed by atoms with Crippen LogP contribution in [0.5, 0.6) is 0 Å². The van der Waals surface area contributed by atoms with Gasteiger partial charge in [0.25, 0.3) is 0 Å². The second-order valence-electron chi connectivity index (χ2n) is 13.9. The third-order valence-electron chi connectivity index (χ3n) is 11.1. The Balaban J connectivity index is 1.02. The molecule has 0 saturated carbocycles. The summed E-state index contributed by atoms with van der Waals surface area (Å²) in [5.74, 6) is 0. The van der Waals surface area contributed by atoms with Crippen LogP contribution >= 0.6 is 11.3 Å². The number of hydrogen-bond donors (Lipinski definition) is 0. The first-order chi connectivity index (χ1) is 25.8. The zero-order chi connectivity index (χ0) is 33.9. The van der Waals surface area contributed by atoms with Gasteiger partial charge >= 0.3 is 0 Å². The molecule has 0 amide bonds. The highest BCUT2D eigenvalue weighted by atomic mass is 32.1. The lowest BCUT2D eigenvalue weighted by Crippen LogP contribution is -1.92. The van der Waals surface area contributed by atoms with Crippen LogP contribution in [0.1, 0.15) is 0 Å². The van der Waals surface area contributed by atoms with Gasteiger partial charge in [0.05, 0.1) is 27.8 Å². The lowest BCUT2D eigenvalue weighted by molar-refractivity contribution is 1.35. The van der Waals surface area contributed by atoms with Gasteiger partial charge in [-0.05, 0) is 75.5 Å². The minimum absolute atomic E-state index is 0.996. The summed E-state index contributed by atoms with van der Waals surface area (Å²) in [7, 11) is 0. The van der Waals surface area contributed by atoms with Crippen LogP contribution in [0, 0.1) is 0 Å². The van der Waals surface area contributed by atoms with Crippen LogP contribution in [-0.4, -0.2) is 9.38 Å². The second kappa shape index (κ2) is 10.5. The average molecular weight is 677 g/mol. The number of fused-ring (bicyclic) bond motifs is 9. The van der Waals surface area contributed by atoms with Crippen LogP contribution in [-0.2, 0) is 0 Å². The molecule has 0 unspecified atom stereocenters. The number of nitrogens with zero attached hydrogens (tertiary/aromatic N) is 2. The molecule has 0 aliphatic carbocycles. The Kier molecular flexibility index (Phi) is 5.68. The Morgan fingerprint density at radius 2 is 1.12 bits per heavy atom. The largest absolute Gasteiger partial charge is 0.308 e. The highest BCUT2D eigenvalue weighted by Gasteiger charge is 2.18. The molecule has 0 fully saturated rings. The van der Waals surface area contributed by atoms with Gasteiger partial charge in [-0.25, -0.2) is 4.98 Å². The molecule has 8 aromatic carbocycles. The first kappa shape index (κ1) is 28.2. The number of aromatic nitrogens is 2. The minimum Gasteiger partial charge on any atom is -0.308 e. The maximum absolute atomic E-state index is 5.14. The normalized spacial score (nSPS) is 12.2. The van der Waals surface area contributed by atoms with Crippen molar-refractivity contribution in [1.29, 1.82) is 0 Å². The third-order valence-corrected chi connectivity index (χ3v) is 12.2. The molecule has 4 aromatic heterocycles. The number of rotatable bonds is 3. The molecule has 0 aliphatic rings. The lowest BCUT2D eigenvalue weighted by Gasteiger charge is -2.12. The van der Waals surface area contributed by atoms with E-state index in [2.05, 4.69) is 174 Å². The van der Waals surface area contributed by atoms with Crippen LogP contribution in [0.2, 0.25) is 0 Å². The standard InChI is InChI=1S/C49H28N2S/c1-2-9-29(10-3-1)40-28-43(50-42-17-5-4-13-34(40)42)33-20-23-36-41-25-31(21-24-46(41)52-47(36)27-33)32-19-22-35-38-15-8-16-39-37-14-6-11-30-12-7-18-44(48(30)37)51(49(38)39)45(35)26-32/h1-28H. The van der Waals surface area contributed by atoms with Crippen LogP contribution in [0.3, 0.4) is 0 Å². The molecular formula is C49H28N2S. The van der Waals surface area contributed by atoms with Crippen LogP contribution in [0.4, 0.5) is 0 Å². The van der Waals surface area contributed by atoms with Gasteiger partial charge in [-0.3, -0.25) is 0 Å². The molecule has 240 valence electrons. The summed E-state index contributed by atoms with van der Waals surface area (Å²) < 4.78 is 5.07. The van der Waals surface area contributed by atoms with Gasteiger partial charge in [-0.15, -0.1) is 11.3 Å². The monoisotopic (exact) mass is 676 g/mol. The van der Waals surface area contributed by atoms with Crippen molar-refractivity contribution in [2.45, 2.75) is 0 Å². The van der Waals surface area contributed by atoms with Crippen molar-refractivity contribution in [3.8, 4) is 33.5 Å². The summed E-state index contributed by atoms with van der Waals surface area (Å²) in [6.07, 6.45) is 0. The molecule has 0 spiro atoms. The van der Waals surface area contributed by atoms with Crippen molar-refractivity contribution < 1.29 is 0 Å². The molecule has 12 rings (SSSR count). The van der Waals surface area contributed by atoms with Gasteiger partial charge in [0, 0.05) is 52.7 Å². The maximum atomic E-state index is 5.14. The zero-order valence-electron chi connectivity index (χ0n) is 28.0. The van der Waals surface area contributed by atoms with Gasteiger partial charge in [0.1, 0.15) is 0 Å². The van der Waals surface area contributed by atoms with E-state index >= 15 is 0 Å². The van der Waals surface area contributed by atoms with Gasteiger partial charge in [0.2, 0.25) is 0 Å². The van der Waals surface area contributed by atoms with Gasteiger partial charge < -0.3 is 4.40 Å². The molecule has 0 saturated heterocycles. The van der Waals surface area contributed by atoms with Crippen LogP contribution < -0.4 is 0 Å². The summed E-state index contributed by atoms with van der Waals surface area (Å²) in [6, 6.07) is 62.4. The SMILES string of the molecule is c1ccc(-c2cc(-c3ccc4c(c3)sc3ccc(-c5ccc6c7cccc8c9cccc%10cccc(c%109)n(c6c5)c87)cc34)nc3ccccc23)cc1. The van der Waals surface area contributed by atoms with E-state index in [4.69, 9.17) is 4.98 Å². The fraction of sp³-hybridized carbons (Fsp3) is 0. The molecule has 0 bridgehead atoms. The van der Waals surface area contributed by atoms with Gasteiger partial charge in [0.15, 0.2) is 0 Å². The van der Waals surface area contributed by atoms with E-state index in [0.717, 1.165) is 16.8 Å². The second-order valence-corrected chi connectivity index (χ2v) is 15.0. The van der Waals surface area contributed by atoms with E-state index in [9.17, 15) is 0 Å². The average Bonchev–Trinajstić information content (AvgIpc) is 3.75. The topological polar surface area (TPSA) is 17.3 Å². The van der Waals surface area contributed by atoms with Crippen molar-refractivity contribution >= 4 is 91.3 Å². The van der Waals surface area contributed by atoms with E-state index in [1.165, 1.54) is 96.7 Å². The summed E-state index contributed by atoms with van der Waals surface area (Å²) in [6.45, 7) is 0. The molecule has 0 aliphatic heterocycles. The summed E-state index contributed by atoms with van der Waals surface area (Å²) in [4.78, 5) is 5.14. The Bertz CT molecular complexity index is 3400. The van der Waals surface area contributed by atoms with Crippen molar-refractivity contribution in [2.24, 2.45) is 0 Å². The molecule has 12 aromatic rings. The molecular weight excluding hydrogens is 649 g/mol. The van der Waals surface area contributed by atoms with E-state index in [0.29, 0.717) is 0 Å². The van der Waals surface area contributed by atoms with E-state index < -0.39 is 0 Å². The summed E-state index contributed by atoms with van der Waals surface area (Å²) in [5.41, 5.74) is 11.8. The fourth-order valence-electron chi connectivity index (χ4n) is 8.74. The van der Waals surface area contributed by atoms with E-state index in [1.807, 2.05) is 11.3 Å². The molecule has 3 heteroatoms. The molecule has 0 atom stereocenters. The number of benzene rings is 8. The fourth-order valence-corrected chi connectivity index (χ4v) is 9.87. The van der Waals surface area contributed by atoms with E-state index in [1.54, 1.807) is 0 Å². The van der Waals surface area contributed by atoms with Crippen molar-refractivity contribution in [3.05, 3.63) is 170 Å². The minimum atomic E-state index is 0.996. The molecule has 4 heterocycles. The highest BCUT2D eigenvalue weighted by Crippen LogP contribution is 2.43. The van der Waals surface area contributed by atoms with Crippen molar-refractivity contribution in [2.75, 3.05) is 0 Å². The quantitative estimate of drug-likeness (QED) is 0.134. The Morgan fingerprint density at radius 1 is 0.404 bits per heavy atom. The number of thiophene rings is 1. The predicted octanol–water partition coefficient (Wildman–Crippen LogP) is 13.9. The first-order valence-corrected chi connectivity index (χ1v) is 18.6. The Morgan fingerprint density at radius 3 is 2.04 bits per heavy atom. The Labute approximate surface area is 302 Å². The first-order valence-electron chi connectivity index (χ1n) is 17.8. The number of pyridine rings is 2. The van der Waals surface area contributed by atoms with Gasteiger partial charge in [-0.2, -0.15) is 0 Å². The Hall–Kier alpha value is -6.55. The molecule has 52 heavy (non-hydrogen) atoms. The van der Waals surface area contributed by atoms with Crippen molar-refractivity contribution in [1.82, 2.24) is 9.38 Å². The maximum Gasteiger partial charge on any atom is 0.0716 e.